The molecule has 0 saturated heterocycles. The van der Waals surface area contributed by atoms with Crippen molar-refractivity contribution in [1.29, 1.82) is 0 Å². The number of carbonyl (C=O) groups is 1. The van der Waals surface area contributed by atoms with Crippen LogP contribution in [-0.2, 0) is 13.0 Å². The maximum absolute atomic E-state index is 13.4. The molecule has 1 aliphatic carbocycles. The molecule has 0 radical (unpaired) electrons. The van der Waals surface area contributed by atoms with Crippen LogP contribution < -0.4 is 5.32 Å². The van der Waals surface area contributed by atoms with E-state index in [2.05, 4.69) is 32.2 Å². The highest BCUT2D eigenvalue weighted by molar-refractivity contribution is 6.10. The lowest BCUT2D eigenvalue weighted by atomic mass is 10.0. The van der Waals surface area contributed by atoms with Crippen molar-refractivity contribution in [1.82, 2.24) is 24.8 Å². The largest absolute Gasteiger partial charge is 0.442 e. The van der Waals surface area contributed by atoms with Crippen LogP contribution in [0.5, 0.6) is 0 Å². The summed E-state index contributed by atoms with van der Waals surface area (Å²) in [7, 11) is 0. The lowest BCUT2D eigenvalue weighted by Gasteiger charge is -2.27. The molecule has 1 amide bonds. The zero-order valence-corrected chi connectivity index (χ0v) is 15.3. The van der Waals surface area contributed by atoms with Gasteiger partial charge in [-0.2, -0.15) is 0 Å². The molecular formula is C19H20N6O2. The molecule has 138 valence electrons. The number of carbonyl (C=O) groups excluding carboxylic acids is 1. The molecule has 5 rings (SSSR count). The van der Waals surface area contributed by atoms with E-state index in [1.54, 1.807) is 6.92 Å². The fourth-order valence-electron chi connectivity index (χ4n) is 3.58. The van der Waals surface area contributed by atoms with E-state index in [1.165, 1.54) is 12.7 Å². The first-order valence-electron chi connectivity index (χ1n) is 9.13. The maximum atomic E-state index is 13.4. The van der Waals surface area contributed by atoms with Gasteiger partial charge in [0.1, 0.15) is 24.2 Å². The summed E-state index contributed by atoms with van der Waals surface area (Å²) in [4.78, 5) is 32.2. The van der Waals surface area contributed by atoms with Gasteiger partial charge >= 0.3 is 0 Å². The van der Waals surface area contributed by atoms with E-state index in [1.807, 2.05) is 11.1 Å². The third kappa shape index (κ3) is 2.72. The summed E-state index contributed by atoms with van der Waals surface area (Å²) < 4.78 is 5.79. The Kier molecular flexibility index (Phi) is 3.43. The summed E-state index contributed by atoms with van der Waals surface area (Å²) in [6.45, 7) is 5.05. The third-order valence-electron chi connectivity index (χ3n) is 5.46. The predicted octanol–water partition coefficient (Wildman–Crippen LogP) is 2.48. The van der Waals surface area contributed by atoms with Crippen LogP contribution in [0.2, 0.25) is 0 Å². The van der Waals surface area contributed by atoms with Crippen molar-refractivity contribution < 1.29 is 9.21 Å². The molecule has 2 aliphatic rings. The zero-order valence-electron chi connectivity index (χ0n) is 15.3. The van der Waals surface area contributed by atoms with Gasteiger partial charge < -0.3 is 14.6 Å². The molecular weight excluding hydrogens is 344 g/mol. The van der Waals surface area contributed by atoms with E-state index in [-0.39, 0.29) is 11.4 Å². The maximum Gasteiger partial charge on any atom is 0.258 e. The van der Waals surface area contributed by atoms with Crippen molar-refractivity contribution in [2.24, 2.45) is 0 Å². The van der Waals surface area contributed by atoms with Crippen LogP contribution in [0.1, 0.15) is 47.1 Å². The Morgan fingerprint density at radius 2 is 2.11 bits per heavy atom. The Morgan fingerprint density at radius 1 is 1.26 bits per heavy atom. The van der Waals surface area contributed by atoms with Crippen molar-refractivity contribution in [3.05, 3.63) is 41.4 Å². The molecule has 8 heteroatoms. The van der Waals surface area contributed by atoms with Gasteiger partial charge in [0, 0.05) is 18.3 Å². The summed E-state index contributed by atoms with van der Waals surface area (Å²) in [5.41, 5.74) is 3.01. The molecule has 8 nitrogen and oxygen atoms in total. The van der Waals surface area contributed by atoms with Crippen LogP contribution in [0.25, 0.3) is 11.1 Å². The molecule has 1 fully saturated rings. The van der Waals surface area contributed by atoms with Gasteiger partial charge in [0.2, 0.25) is 5.71 Å². The molecule has 1 N–H and O–H groups in total. The number of aromatic nitrogens is 4. The second-order valence-corrected chi connectivity index (χ2v) is 7.59. The molecule has 1 aliphatic heterocycles. The summed E-state index contributed by atoms with van der Waals surface area (Å²) in [6.07, 6.45) is 7.74. The normalized spacial score (nSPS) is 17.6. The molecule has 4 heterocycles. The van der Waals surface area contributed by atoms with E-state index < -0.39 is 0 Å². The Balaban J connectivity index is 1.54. The molecule has 0 atom stereocenters. The Morgan fingerprint density at radius 3 is 2.93 bits per heavy atom. The van der Waals surface area contributed by atoms with Gasteiger partial charge in [0.25, 0.3) is 5.91 Å². The van der Waals surface area contributed by atoms with Gasteiger partial charge in [0.05, 0.1) is 23.2 Å². The molecule has 0 aromatic carbocycles. The number of anilines is 1. The number of nitrogens with zero attached hydrogens (tertiary/aromatic N) is 5. The average Bonchev–Trinajstić information content (AvgIpc) is 3.29. The lowest BCUT2D eigenvalue weighted by Crippen LogP contribution is -2.36. The second kappa shape index (κ2) is 5.73. The molecule has 3 aromatic heterocycles. The summed E-state index contributed by atoms with van der Waals surface area (Å²) in [5.74, 6) is 1.15. The smallest absolute Gasteiger partial charge is 0.258 e. The number of fused-ring (bicyclic) bond motifs is 2. The van der Waals surface area contributed by atoms with Gasteiger partial charge in [-0.25, -0.2) is 19.9 Å². The minimum absolute atomic E-state index is 0.0355. The van der Waals surface area contributed by atoms with Crippen molar-refractivity contribution in [2.45, 2.75) is 45.2 Å². The van der Waals surface area contributed by atoms with Gasteiger partial charge in [-0.3, -0.25) is 4.79 Å². The summed E-state index contributed by atoms with van der Waals surface area (Å²) in [6, 6.07) is 0. The molecule has 0 bridgehead atoms. The zero-order chi connectivity index (χ0) is 18.6. The standard InChI is InChI=1S/C19H20N6O2/c1-11-14(18(26)25-6-3-12-7-20-9-21-13(12)8-25)15-16(24-19(2)4-5-19)22-10-23-17(15)27-11/h7,9-10H,3-6,8H2,1-2H3,(H,22,23,24). The molecule has 0 spiro atoms. The fourth-order valence-corrected chi connectivity index (χ4v) is 3.58. The minimum atomic E-state index is -0.0747. The highest BCUT2D eigenvalue weighted by Crippen LogP contribution is 2.40. The van der Waals surface area contributed by atoms with Gasteiger partial charge in [-0.15, -0.1) is 0 Å². The van der Waals surface area contributed by atoms with Crippen LogP contribution in [-0.4, -0.2) is 42.8 Å². The minimum Gasteiger partial charge on any atom is -0.442 e. The third-order valence-corrected chi connectivity index (χ3v) is 5.46. The number of nitrogens with one attached hydrogen (secondary N) is 1. The van der Waals surface area contributed by atoms with E-state index in [0.29, 0.717) is 41.3 Å². The number of aryl methyl sites for hydroxylation is 1. The van der Waals surface area contributed by atoms with E-state index in [9.17, 15) is 4.79 Å². The molecule has 3 aromatic rings. The predicted molar refractivity (Wildman–Crippen MR) is 98.3 cm³/mol. The van der Waals surface area contributed by atoms with Crippen LogP contribution in [0.3, 0.4) is 0 Å². The topological polar surface area (TPSA) is 97.0 Å². The van der Waals surface area contributed by atoms with Crippen molar-refractivity contribution in [2.75, 3.05) is 11.9 Å². The number of hydrogen-bond donors (Lipinski definition) is 1. The summed E-state index contributed by atoms with van der Waals surface area (Å²) >= 11 is 0. The van der Waals surface area contributed by atoms with E-state index in [4.69, 9.17) is 4.42 Å². The van der Waals surface area contributed by atoms with Crippen molar-refractivity contribution >= 4 is 22.8 Å². The molecule has 27 heavy (non-hydrogen) atoms. The Bertz CT molecular complexity index is 1060. The first kappa shape index (κ1) is 16.2. The first-order valence-corrected chi connectivity index (χ1v) is 9.13. The molecule has 0 unspecified atom stereocenters. The van der Waals surface area contributed by atoms with E-state index in [0.717, 1.165) is 30.5 Å². The number of amides is 1. The van der Waals surface area contributed by atoms with Gasteiger partial charge in [0.15, 0.2) is 0 Å². The number of furan rings is 1. The highest BCUT2D eigenvalue weighted by atomic mass is 16.3. The molecule has 1 saturated carbocycles. The van der Waals surface area contributed by atoms with Gasteiger partial charge in [-0.1, -0.05) is 0 Å². The van der Waals surface area contributed by atoms with Crippen molar-refractivity contribution in [3.63, 3.8) is 0 Å². The van der Waals surface area contributed by atoms with Crippen LogP contribution in [0.15, 0.2) is 23.3 Å². The highest BCUT2D eigenvalue weighted by Gasteiger charge is 2.39. The van der Waals surface area contributed by atoms with Crippen molar-refractivity contribution in [3.8, 4) is 0 Å². The Labute approximate surface area is 156 Å². The van der Waals surface area contributed by atoms with Crippen LogP contribution in [0, 0.1) is 6.92 Å². The Hall–Kier alpha value is -3.03. The lowest BCUT2D eigenvalue weighted by molar-refractivity contribution is 0.0731. The monoisotopic (exact) mass is 364 g/mol. The number of hydrogen-bond acceptors (Lipinski definition) is 7. The number of rotatable bonds is 3. The second-order valence-electron chi connectivity index (χ2n) is 7.59. The first-order chi connectivity index (χ1) is 13.0. The summed E-state index contributed by atoms with van der Waals surface area (Å²) in [5, 5.41) is 4.13. The fraction of sp³-hybridized carbons (Fsp3) is 0.421. The van der Waals surface area contributed by atoms with Crippen LogP contribution >= 0.6 is 0 Å². The van der Waals surface area contributed by atoms with Gasteiger partial charge in [-0.05, 0) is 38.7 Å². The quantitative estimate of drug-likeness (QED) is 0.762. The SMILES string of the molecule is Cc1oc2ncnc(NC3(C)CC3)c2c1C(=O)N1CCc2cncnc2C1. The average molecular weight is 364 g/mol. The van der Waals surface area contributed by atoms with Crippen LogP contribution in [0.4, 0.5) is 5.82 Å². The van der Waals surface area contributed by atoms with E-state index >= 15 is 0 Å².